The van der Waals surface area contributed by atoms with Crippen LogP contribution in [0.15, 0.2) is 42.5 Å². The van der Waals surface area contributed by atoms with Crippen molar-refractivity contribution in [2.24, 2.45) is 0 Å². The molecular formula is C14H12FNO2. The van der Waals surface area contributed by atoms with Crippen molar-refractivity contribution in [3.63, 3.8) is 0 Å². The minimum Gasteiger partial charge on any atom is -0.505 e. The average Bonchev–Trinajstić information content (AvgIpc) is 2.34. The van der Waals surface area contributed by atoms with Crippen molar-refractivity contribution >= 4 is 11.6 Å². The molecule has 0 aliphatic carbocycles. The number of anilines is 1. The van der Waals surface area contributed by atoms with E-state index >= 15 is 0 Å². The van der Waals surface area contributed by atoms with E-state index in [2.05, 4.69) is 5.32 Å². The molecule has 0 aromatic heterocycles. The van der Waals surface area contributed by atoms with Gasteiger partial charge in [-0.2, -0.15) is 0 Å². The molecule has 0 atom stereocenters. The molecule has 0 bridgehead atoms. The lowest BCUT2D eigenvalue weighted by Gasteiger charge is -2.06. The molecule has 18 heavy (non-hydrogen) atoms. The SMILES string of the molecule is Cc1ccc(C(=O)Nc2ccc(O)c(F)c2)cc1. The number of phenolic OH excluding ortho intramolecular Hbond substituents is 1. The lowest BCUT2D eigenvalue weighted by Crippen LogP contribution is -2.11. The van der Waals surface area contributed by atoms with E-state index in [0.717, 1.165) is 11.6 Å². The van der Waals surface area contributed by atoms with Crippen LogP contribution in [0.1, 0.15) is 15.9 Å². The molecule has 0 fully saturated rings. The highest BCUT2D eigenvalue weighted by molar-refractivity contribution is 6.04. The van der Waals surface area contributed by atoms with Gasteiger partial charge in [0.1, 0.15) is 0 Å². The van der Waals surface area contributed by atoms with Crippen LogP contribution in [0, 0.1) is 12.7 Å². The summed E-state index contributed by atoms with van der Waals surface area (Å²) in [5.41, 5.74) is 1.85. The Hall–Kier alpha value is -2.36. The van der Waals surface area contributed by atoms with Gasteiger partial charge in [0.2, 0.25) is 0 Å². The van der Waals surface area contributed by atoms with Crippen molar-refractivity contribution in [1.29, 1.82) is 0 Å². The molecule has 0 saturated heterocycles. The predicted molar refractivity (Wildman–Crippen MR) is 67.2 cm³/mol. The van der Waals surface area contributed by atoms with Crippen molar-refractivity contribution < 1.29 is 14.3 Å². The molecule has 2 rings (SSSR count). The third-order valence-electron chi connectivity index (χ3n) is 2.52. The molecule has 0 aliphatic rings. The fourth-order valence-electron chi connectivity index (χ4n) is 1.49. The van der Waals surface area contributed by atoms with Crippen LogP contribution in [0.4, 0.5) is 10.1 Å². The summed E-state index contributed by atoms with van der Waals surface area (Å²) in [5, 5.41) is 11.6. The number of rotatable bonds is 2. The van der Waals surface area contributed by atoms with Gasteiger partial charge in [0.25, 0.3) is 5.91 Å². The molecule has 0 saturated carbocycles. The molecule has 92 valence electrons. The topological polar surface area (TPSA) is 49.3 Å². The lowest BCUT2D eigenvalue weighted by atomic mass is 10.1. The molecule has 0 heterocycles. The van der Waals surface area contributed by atoms with Crippen LogP contribution in [0.3, 0.4) is 0 Å². The van der Waals surface area contributed by atoms with Crippen LogP contribution in [-0.2, 0) is 0 Å². The summed E-state index contributed by atoms with van der Waals surface area (Å²) in [5.74, 6) is -1.53. The van der Waals surface area contributed by atoms with Gasteiger partial charge in [-0.25, -0.2) is 4.39 Å². The second-order valence-electron chi connectivity index (χ2n) is 3.99. The third kappa shape index (κ3) is 2.66. The van der Waals surface area contributed by atoms with E-state index in [4.69, 9.17) is 5.11 Å². The number of carbonyl (C=O) groups is 1. The number of carbonyl (C=O) groups excluding carboxylic acids is 1. The van der Waals surface area contributed by atoms with Gasteiger partial charge in [-0.15, -0.1) is 0 Å². The van der Waals surface area contributed by atoms with Crippen LogP contribution in [0.2, 0.25) is 0 Å². The number of benzene rings is 2. The van der Waals surface area contributed by atoms with Gasteiger partial charge >= 0.3 is 0 Å². The highest BCUT2D eigenvalue weighted by Gasteiger charge is 2.07. The van der Waals surface area contributed by atoms with Crippen molar-refractivity contribution in [2.45, 2.75) is 6.92 Å². The Morgan fingerprint density at radius 2 is 1.83 bits per heavy atom. The molecule has 0 aliphatic heterocycles. The first kappa shape index (κ1) is 12.1. The zero-order valence-corrected chi connectivity index (χ0v) is 9.77. The zero-order valence-electron chi connectivity index (χ0n) is 9.77. The highest BCUT2D eigenvalue weighted by atomic mass is 19.1. The maximum atomic E-state index is 13.1. The molecule has 1 amide bonds. The minimum absolute atomic E-state index is 0.302. The summed E-state index contributed by atoms with van der Waals surface area (Å²) < 4.78 is 13.1. The number of phenols is 1. The Morgan fingerprint density at radius 1 is 1.17 bits per heavy atom. The first-order valence-corrected chi connectivity index (χ1v) is 5.43. The first-order valence-electron chi connectivity index (χ1n) is 5.43. The van der Waals surface area contributed by atoms with E-state index in [1.807, 2.05) is 19.1 Å². The van der Waals surface area contributed by atoms with Crippen molar-refractivity contribution in [2.75, 3.05) is 5.32 Å². The van der Waals surface area contributed by atoms with Gasteiger partial charge in [0, 0.05) is 17.3 Å². The number of nitrogens with one attached hydrogen (secondary N) is 1. The maximum absolute atomic E-state index is 13.1. The Balaban J connectivity index is 2.16. The molecular weight excluding hydrogens is 233 g/mol. The number of hydrogen-bond donors (Lipinski definition) is 2. The van der Waals surface area contributed by atoms with E-state index in [0.29, 0.717) is 11.3 Å². The number of hydrogen-bond acceptors (Lipinski definition) is 2. The molecule has 0 radical (unpaired) electrons. The second-order valence-corrected chi connectivity index (χ2v) is 3.99. The lowest BCUT2D eigenvalue weighted by molar-refractivity contribution is 0.102. The van der Waals surface area contributed by atoms with Crippen molar-refractivity contribution in [1.82, 2.24) is 0 Å². The first-order chi connectivity index (χ1) is 8.56. The van der Waals surface area contributed by atoms with E-state index in [9.17, 15) is 9.18 Å². The second kappa shape index (κ2) is 4.87. The van der Waals surface area contributed by atoms with E-state index < -0.39 is 11.6 Å². The Labute approximate surface area is 104 Å². The van der Waals surface area contributed by atoms with Crippen molar-refractivity contribution in [3.05, 3.63) is 59.4 Å². The molecule has 0 unspecified atom stereocenters. The van der Waals surface area contributed by atoms with Gasteiger partial charge in [0.15, 0.2) is 11.6 Å². The van der Waals surface area contributed by atoms with E-state index in [1.54, 1.807) is 12.1 Å². The Bertz CT molecular complexity index is 579. The highest BCUT2D eigenvalue weighted by Crippen LogP contribution is 2.19. The summed E-state index contributed by atoms with van der Waals surface area (Å²) in [6.45, 7) is 1.93. The average molecular weight is 245 g/mol. The van der Waals surface area contributed by atoms with Crippen LogP contribution in [0.25, 0.3) is 0 Å². The Morgan fingerprint density at radius 3 is 2.44 bits per heavy atom. The van der Waals surface area contributed by atoms with Gasteiger partial charge in [-0.3, -0.25) is 4.79 Å². The number of halogens is 1. The molecule has 0 spiro atoms. The van der Waals surface area contributed by atoms with Crippen LogP contribution in [0.5, 0.6) is 5.75 Å². The summed E-state index contributed by atoms with van der Waals surface area (Å²) in [6, 6.07) is 10.7. The molecule has 3 nitrogen and oxygen atoms in total. The van der Waals surface area contributed by atoms with E-state index in [1.165, 1.54) is 12.1 Å². The maximum Gasteiger partial charge on any atom is 0.255 e. The van der Waals surface area contributed by atoms with Crippen molar-refractivity contribution in [3.8, 4) is 5.75 Å². The summed E-state index contributed by atoms with van der Waals surface area (Å²) in [7, 11) is 0. The fourth-order valence-corrected chi connectivity index (χ4v) is 1.49. The zero-order chi connectivity index (χ0) is 13.1. The van der Waals surface area contributed by atoms with Gasteiger partial charge in [-0.1, -0.05) is 17.7 Å². The normalized spacial score (nSPS) is 10.1. The minimum atomic E-state index is -0.767. The van der Waals surface area contributed by atoms with Crippen LogP contribution < -0.4 is 5.32 Å². The summed E-state index contributed by atoms with van der Waals surface area (Å²) >= 11 is 0. The smallest absolute Gasteiger partial charge is 0.255 e. The molecule has 2 aromatic carbocycles. The Kier molecular flexibility index (Phi) is 3.28. The molecule has 2 aromatic rings. The van der Waals surface area contributed by atoms with Crippen LogP contribution >= 0.6 is 0 Å². The molecule has 2 N–H and O–H groups in total. The monoisotopic (exact) mass is 245 g/mol. The number of aromatic hydroxyl groups is 1. The van der Waals surface area contributed by atoms with Gasteiger partial charge in [0.05, 0.1) is 0 Å². The number of aryl methyl sites for hydroxylation is 1. The quantitative estimate of drug-likeness (QED) is 0.799. The predicted octanol–water partition coefficient (Wildman–Crippen LogP) is 3.09. The summed E-state index contributed by atoms with van der Waals surface area (Å²) in [6.07, 6.45) is 0. The largest absolute Gasteiger partial charge is 0.505 e. The number of amides is 1. The summed E-state index contributed by atoms with van der Waals surface area (Å²) in [4.78, 5) is 11.8. The van der Waals surface area contributed by atoms with Crippen LogP contribution in [-0.4, -0.2) is 11.0 Å². The van der Waals surface area contributed by atoms with Gasteiger partial charge in [-0.05, 0) is 31.2 Å². The fraction of sp³-hybridized carbons (Fsp3) is 0.0714. The van der Waals surface area contributed by atoms with E-state index in [-0.39, 0.29) is 5.91 Å². The van der Waals surface area contributed by atoms with Gasteiger partial charge < -0.3 is 10.4 Å². The molecule has 4 heteroatoms. The standard InChI is InChI=1S/C14H12FNO2/c1-9-2-4-10(5-3-9)14(18)16-11-6-7-13(17)12(15)8-11/h2-8,17H,1H3,(H,16,18). The third-order valence-corrected chi connectivity index (χ3v) is 2.52.